The molecule has 3 rings (SSSR count). The number of sulfonamides is 1. The van der Waals surface area contributed by atoms with Gasteiger partial charge in [0.25, 0.3) is 0 Å². The molecular formula is C21H24N2O5S. The number of nitrogens with zero attached hydrogens (tertiary/aromatic N) is 1. The van der Waals surface area contributed by atoms with Crippen molar-refractivity contribution < 1.29 is 22.7 Å². The standard InChI is InChI=1S/C21H24N2O5S/c1-15-4-2-3-13-23(15)29(26,27)19-11-9-18(10-12-19)21(25)28-14-16-5-7-17(8-6-16)20(22)24/h5-12,15H,2-4,13-14H2,1H3,(H2,22,24). The highest BCUT2D eigenvalue weighted by Gasteiger charge is 2.30. The molecule has 7 nitrogen and oxygen atoms in total. The van der Waals surface area contributed by atoms with Crippen LogP contribution in [0, 0.1) is 0 Å². The lowest BCUT2D eigenvalue weighted by atomic mass is 10.1. The molecule has 1 heterocycles. The monoisotopic (exact) mass is 416 g/mol. The van der Waals surface area contributed by atoms with Crippen molar-refractivity contribution in [1.29, 1.82) is 0 Å². The van der Waals surface area contributed by atoms with Crippen LogP contribution in [0.15, 0.2) is 53.4 Å². The number of piperidine rings is 1. The number of rotatable bonds is 6. The largest absolute Gasteiger partial charge is 0.457 e. The molecular weight excluding hydrogens is 392 g/mol. The fourth-order valence-corrected chi connectivity index (χ4v) is 5.02. The number of carbonyl (C=O) groups is 2. The minimum Gasteiger partial charge on any atom is -0.457 e. The quantitative estimate of drug-likeness (QED) is 0.729. The Labute approximate surface area is 170 Å². The smallest absolute Gasteiger partial charge is 0.338 e. The van der Waals surface area contributed by atoms with Gasteiger partial charge in [-0.3, -0.25) is 4.79 Å². The minimum absolute atomic E-state index is 0.0284. The van der Waals surface area contributed by atoms with Crippen molar-refractivity contribution in [3.63, 3.8) is 0 Å². The SMILES string of the molecule is CC1CCCCN1S(=O)(=O)c1ccc(C(=O)OCc2ccc(C(N)=O)cc2)cc1. The van der Waals surface area contributed by atoms with Crippen molar-refractivity contribution in [2.75, 3.05) is 6.54 Å². The molecule has 1 saturated heterocycles. The Morgan fingerprint density at radius 1 is 1.03 bits per heavy atom. The van der Waals surface area contributed by atoms with Gasteiger partial charge in [0.1, 0.15) is 6.61 Å². The fraction of sp³-hybridized carbons (Fsp3) is 0.333. The van der Waals surface area contributed by atoms with Crippen LogP contribution in [-0.4, -0.2) is 37.2 Å². The molecule has 0 aromatic heterocycles. The van der Waals surface area contributed by atoms with Crippen LogP contribution in [0.5, 0.6) is 0 Å². The van der Waals surface area contributed by atoms with Crippen molar-refractivity contribution in [2.24, 2.45) is 5.73 Å². The zero-order valence-corrected chi connectivity index (χ0v) is 17.0. The molecule has 1 amide bonds. The Morgan fingerprint density at radius 3 is 2.24 bits per heavy atom. The van der Waals surface area contributed by atoms with E-state index in [9.17, 15) is 18.0 Å². The van der Waals surface area contributed by atoms with E-state index in [0.29, 0.717) is 17.7 Å². The number of amides is 1. The van der Waals surface area contributed by atoms with Crippen LogP contribution in [0.1, 0.15) is 52.5 Å². The molecule has 1 aliphatic heterocycles. The second-order valence-electron chi connectivity index (χ2n) is 7.12. The Bertz CT molecular complexity index is 985. The highest BCUT2D eigenvalue weighted by Crippen LogP contribution is 2.25. The highest BCUT2D eigenvalue weighted by atomic mass is 32.2. The third kappa shape index (κ3) is 4.83. The topological polar surface area (TPSA) is 107 Å². The van der Waals surface area contributed by atoms with Crippen molar-refractivity contribution in [3.8, 4) is 0 Å². The van der Waals surface area contributed by atoms with Crippen LogP contribution in [0.2, 0.25) is 0 Å². The number of ether oxygens (including phenoxy) is 1. The van der Waals surface area contributed by atoms with E-state index in [0.717, 1.165) is 19.3 Å². The number of hydrogen-bond acceptors (Lipinski definition) is 5. The van der Waals surface area contributed by atoms with Crippen LogP contribution in [-0.2, 0) is 21.4 Å². The number of esters is 1. The van der Waals surface area contributed by atoms with Gasteiger partial charge < -0.3 is 10.5 Å². The van der Waals surface area contributed by atoms with Gasteiger partial charge in [0.05, 0.1) is 10.5 Å². The Morgan fingerprint density at radius 2 is 1.66 bits per heavy atom. The van der Waals surface area contributed by atoms with Gasteiger partial charge in [-0.05, 0) is 61.7 Å². The summed E-state index contributed by atoms with van der Waals surface area (Å²) >= 11 is 0. The first-order chi connectivity index (χ1) is 13.8. The molecule has 0 aliphatic carbocycles. The predicted molar refractivity (Wildman–Crippen MR) is 108 cm³/mol. The number of hydrogen-bond donors (Lipinski definition) is 1. The van der Waals surface area contributed by atoms with Gasteiger partial charge in [-0.15, -0.1) is 0 Å². The number of nitrogens with two attached hydrogens (primary N) is 1. The van der Waals surface area contributed by atoms with Crippen LogP contribution < -0.4 is 5.73 Å². The second-order valence-corrected chi connectivity index (χ2v) is 9.01. The fourth-order valence-electron chi connectivity index (χ4n) is 3.32. The molecule has 1 unspecified atom stereocenters. The summed E-state index contributed by atoms with van der Waals surface area (Å²) < 4.78 is 32.5. The summed E-state index contributed by atoms with van der Waals surface area (Å²) in [6.45, 7) is 2.46. The summed E-state index contributed by atoms with van der Waals surface area (Å²) in [5, 5.41) is 0. The Balaban J connectivity index is 1.64. The lowest BCUT2D eigenvalue weighted by molar-refractivity contribution is 0.0472. The minimum atomic E-state index is -3.58. The summed E-state index contributed by atoms with van der Waals surface area (Å²) in [7, 11) is -3.58. The number of primary amides is 1. The van der Waals surface area contributed by atoms with Gasteiger partial charge in [0.2, 0.25) is 15.9 Å². The predicted octanol–water partition coefficient (Wildman–Crippen LogP) is 2.71. The average Bonchev–Trinajstić information content (AvgIpc) is 2.72. The molecule has 0 saturated carbocycles. The van der Waals surface area contributed by atoms with E-state index >= 15 is 0 Å². The van der Waals surface area contributed by atoms with E-state index in [-0.39, 0.29) is 23.1 Å². The molecule has 0 spiro atoms. The van der Waals surface area contributed by atoms with Crippen molar-refractivity contribution >= 4 is 21.9 Å². The molecule has 0 bridgehead atoms. The summed E-state index contributed by atoms with van der Waals surface area (Å²) in [6, 6.07) is 12.2. The van der Waals surface area contributed by atoms with E-state index in [2.05, 4.69) is 0 Å². The average molecular weight is 416 g/mol. The van der Waals surface area contributed by atoms with Crippen LogP contribution >= 0.6 is 0 Å². The zero-order chi connectivity index (χ0) is 21.0. The lowest BCUT2D eigenvalue weighted by Crippen LogP contribution is -2.41. The normalized spacial score (nSPS) is 17.6. The van der Waals surface area contributed by atoms with E-state index < -0.39 is 21.9 Å². The summed E-state index contributed by atoms with van der Waals surface area (Å²) in [5.74, 6) is -1.08. The molecule has 1 aliphatic rings. The van der Waals surface area contributed by atoms with Crippen LogP contribution in [0.25, 0.3) is 0 Å². The summed E-state index contributed by atoms with van der Waals surface area (Å²) in [5.41, 5.74) is 6.54. The molecule has 8 heteroatoms. The third-order valence-corrected chi connectivity index (χ3v) is 7.07. The van der Waals surface area contributed by atoms with Gasteiger partial charge in [-0.2, -0.15) is 4.31 Å². The van der Waals surface area contributed by atoms with Gasteiger partial charge in [-0.25, -0.2) is 13.2 Å². The molecule has 2 aromatic carbocycles. The second kappa shape index (κ2) is 8.75. The summed E-state index contributed by atoms with van der Waals surface area (Å²) in [4.78, 5) is 23.5. The maximum absolute atomic E-state index is 12.8. The van der Waals surface area contributed by atoms with E-state index in [4.69, 9.17) is 10.5 Å². The van der Waals surface area contributed by atoms with E-state index in [1.807, 2.05) is 6.92 Å². The van der Waals surface area contributed by atoms with E-state index in [1.54, 1.807) is 24.3 Å². The molecule has 29 heavy (non-hydrogen) atoms. The number of benzene rings is 2. The third-order valence-electron chi connectivity index (χ3n) is 5.05. The highest BCUT2D eigenvalue weighted by molar-refractivity contribution is 7.89. The Hall–Kier alpha value is -2.71. The van der Waals surface area contributed by atoms with Gasteiger partial charge in [0.15, 0.2) is 0 Å². The van der Waals surface area contributed by atoms with Gasteiger partial charge in [0, 0.05) is 18.2 Å². The Kier molecular flexibility index (Phi) is 6.34. The van der Waals surface area contributed by atoms with Gasteiger partial charge >= 0.3 is 5.97 Å². The number of carbonyl (C=O) groups excluding carboxylic acids is 2. The van der Waals surface area contributed by atoms with Crippen molar-refractivity contribution in [2.45, 2.75) is 43.7 Å². The van der Waals surface area contributed by atoms with Crippen LogP contribution in [0.4, 0.5) is 0 Å². The van der Waals surface area contributed by atoms with E-state index in [1.165, 1.54) is 28.6 Å². The zero-order valence-electron chi connectivity index (χ0n) is 16.2. The first-order valence-electron chi connectivity index (χ1n) is 9.47. The molecule has 0 radical (unpaired) electrons. The van der Waals surface area contributed by atoms with Gasteiger partial charge in [-0.1, -0.05) is 18.6 Å². The van der Waals surface area contributed by atoms with Crippen molar-refractivity contribution in [3.05, 3.63) is 65.2 Å². The molecule has 154 valence electrons. The first kappa shape index (κ1) is 21.0. The van der Waals surface area contributed by atoms with Crippen molar-refractivity contribution in [1.82, 2.24) is 4.31 Å². The van der Waals surface area contributed by atoms with Crippen LogP contribution in [0.3, 0.4) is 0 Å². The molecule has 2 N–H and O–H groups in total. The maximum atomic E-state index is 12.8. The maximum Gasteiger partial charge on any atom is 0.338 e. The first-order valence-corrected chi connectivity index (χ1v) is 10.9. The molecule has 2 aromatic rings. The molecule has 1 fully saturated rings. The lowest BCUT2D eigenvalue weighted by Gasteiger charge is -2.32. The molecule has 1 atom stereocenters. The summed E-state index contributed by atoms with van der Waals surface area (Å²) in [6.07, 6.45) is 2.74.